The molecule has 1 aromatic carbocycles. The molecule has 3 amide bonds. The summed E-state index contributed by atoms with van der Waals surface area (Å²) in [6.07, 6.45) is 0.440. The van der Waals surface area contributed by atoms with Crippen LogP contribution in [-0.2, 0) is 9.59 Å². The number of hydrogen-bond acceptors (Lipinski definition) is 5. The molecule has 0 saturated carbocycles. The van der Waals surface area contributed by atoms with Crippen LogP contribution in [0.1, 0.15) is 23.2 Å². The molecule has 0 radical (unpaired) electrons. The van der Waals surface area contributed by atoms with Crippen LogP contribution in [0.3, 0.4) is 0 Å². The van der Waals surface area contributed by atoms with Crippen molar-refractivity contribution >= 4 is 47.6 Å². The Kier molecular flexibility index (Phi) is 9.33. The smallest absolute Gasteiger partial charge is 0.253 e. The van der Waals surface area contributed by atoms with Crippen LogP contribution in [0, 0.1) is 0 Å². The third-order valence-corrected chi connectivity index (χ3v) is 4.66. The van der Waals surface area contributed by atoms with Crippen LogP contribution in [0.4, 0.5) is 5.69 Å². The monoisotopic (exact) mass is 386 g/mol. The molecule has 1 heterocycles. The van der Waals surface area contributed by atoms with Crippen LogP contribution in [0.15, 0.2) is 24.3 Å². The van der Waals surface area contributed by atoms with Gasteiger partial charge in [-0.05, 0) is 12.1 Å². The van der Waals surface area contributed by atoms with E-state index in [-0.39, 0.29) is 43.2 Å². The second-order valence-electron chi connectivity index (χ2n) is 5.50. The fourth-order valence-electron chi connectivity index (χ4n) is 2.36. The number of nitrogens with two attached hydrogens (primary N) is 1. The minimum absolute atomic E-state index is 0. The van der Waals surface area contributed by atoms with Gasteiger partial charge >= 0.3 is 0 Å². The second-order valence-corrected chi connectivity index (χ2v) is 6.65. The molecule has 0 aliphatic carbocycles. The van der Waals surface area contributed by atoms with E-state index in [0.717, 1.165) is 18.1 Å². The van der Waals surface area contributed by atoms with Crippen LogP contribution in [0.2, 0.25) is 0 Å². The third kappa shape index (κ3) is 7.33. The lowest BCUT2D eigenvalue weighted by atomic mass is 10.1. The molecule has 9 heteroatoms. The minimum atomic E-state index is -0.477. The Balaban J connectivity index is 0.00000312. The number of para-hydroxylation sites is 1. The van der Waals surface area contributed by atoms with Crippen LogP contribution in [0.25, 0.3) is 0 Å². The first-order valence-corrected chi connectivity index (χ1v) is 8.98. The number of benzene rings is 1. The highest BCUT2D eigenvalue weighted by atomic mass is 35.5. The predicted octanol–water partition coefficient (Wildman–Crippen LogP) is 0.747. The minimum Gasteiger partial charge on any atom is -0.370 e. The largest absolute Gasteiger partial charge is 0.370 e. The highest BCUT2D eigenvalue weighted by Gasteiger charge is 2.18. The molecule has 1 aliphatic rings. The van der Waals surface area contributed by atoms with Gasteiger partial charge in [0.1, 0.15) is 0 Å². The van der Waals surface area contributed by atoms with Crippen molar-refractivity contribution in [3.63, 3.8) is 0 Å². The zero-order valence-corrected chi connectivity index (χ0v) is 15.4. The number of amides is 3. The summed E-state index contributed by atoms with van der Waals surface area (Å²) in [5.41, 5.74) is 5.87. The maximum Gasteiger partial charge on any atom is 0.253 e. The van der Waals surface area contributed by atoms with Crippen molar-refractivity contribution in [1.29, 1.82) is 0 Å². The second kappa shape index (κ2) is 11.0. The molecular weight excluding hydrogens is 364 g/mol. The van der Waals surface area contributed by atoms with E-state index in [1.807, 2.05) is 11.8 Å². The van der Waals surface area contributed by atoms with Gasteiger partial charge in [0.05, 0.1) is 11.3 Å². The first kappa shape index (κ1) is 21.3. The lowest BCUT2D eigenvalue weighted by Crippen LogP contribution is -2.40. The summed E-state index contributed by atoms with van der Waals surface area (Å²) in [5, 5.41) is 8.72. The summed E-state index contributed by atoms with van der Waals surface area (Å²) in [6, 6.07) is 6.94. The number of halogens is 1. The molecule has 1 aliphatic heterocycles. The topological polar surface area (TPSA) is 113 Å². The molecule has 7 nitrogen and oxygen atoms in total. The first-order chi connectivity index (χ1) is 11.6. The molecule has 0 bridgehead atoms. The van der Waals surface area contributed by atoms with Gasteiger partial charge in [-0.2, -0.15) is 11.8 Å². The van der Waals surface area contributed by atoms with Crippen molar-refractivity contribution < 1.29 is 14.4 Å². The van der Waals surface area contributed by atoms with Crippen molar-refractivity contribution in [3.05, 3.63) is 29.8 Å². The van der Waals surface area contributed by atoms with Gasteiger partial charge in [0.2, 0.25) is 11.8 Å². The SMILES string of the molecule is Cl.NC(=O)CCNC(=O)c1ccccc1NC(=O)CC1CSCCN1. The normalized spacial score (nSPS) is 16.4. The Bertz CT molecular complexity index is 609. The molecule has 0 aromatic heterocycles. The highest BCUT2D eigenvalue weighted by molar-refractivity contribution is 7.99. The number of thioether (sulfide) groups is 1. The van der Waals surface area contributed by atoms with E-state index in [1.54, 1.807) is 24.3 Å². The van der Waals surface area contributed by atoms with Gasteiger partial charge in [0.15, 0.2) is 0 Å². The van der Waals surface area contributed by atoms with Crippen molar-refractivity contribution in [3.8, 4) is 0 Å². The van der Waals surface area contributed by atoms with Gasteiger partial charge < -0.3 is 21.7 Å². The van der Waals surface area contributed by atoms with Crippen molar-refractivity contribution in [1.82, 2.24) is 10.6 Å². The van der Waals surface area contributed by atoms with E-state index in [2.05, 4.69) is 16.0 Å². The van der Waals surface area contributed by atoms with E-state index in [9.17, 15) is 14.4 Å². The van der Waals surface area contributed by atoms with Gasteiger partial charge in [-0.25, -0.2) is 0 Å². The maximum absolute atomic E-state index is 12.2. The number of anilines is 1. The summed E-state index contributed by atoms with van der Waals surface area (Å²) in [7, 11) is 0. The Morgan fingerprint density at radius 2 is 2.04 bits per heavy atom. The van der Waals surface area contributed by atoms with E-state index >= 15 is 0 Å². The Morgan fingerprint density at radius 1 is 1.28 bits per heavy atom. The number of primary amides is 1. The van der Waals surface area contributed by atoms with E-state index in [1.165, 1.54) is 0 Å². The lowest BCUT2D eigenvalue weighted by Gasteiger charge is -2.22. The van der Waals surface area contributed by atoms with Crippen LogP contribution in [-0.4, -0.2) is 48.4 Å². The lowest BCUT2D eigenvalue weighted by molar-refractivity contribution is -0.118. The van der Waals surface area contributed by atoms with Gasteiger partial charge in [0, 0.05) is 43.5 Å². The summed E-state index contributed by atoms with van der Waals surface area (Å²) in [6.45, 7) is 1.07. The maximum atomic E-state index is 12.2. The van der Waals surface area contributed by atoms with Crippen LogP contribution < -0.4 is 21.7 Å². The standard InChI is InChI=1S/C16H22N4O3S.ClH/c17-14(21)5-6-19-16(23)12-3-1-2-4-13(12)20-15(22)9-11-10-24-8-7-18-11;/h1-4,11,18H,5-10H2,(H2,17,21)(H,19,23)(H,20,22);1H. The van der Waals surface area contributed by atoms with Gasteiger partial charge in [-0.3, -0.25) is 14.4 Å². The molecule has 2 rings (SSSR count). The molecule has 25 heavy (non-hydrogen) atoms. The number of hydrogen-bond donors (Lipinski definition) is 4. The summed E-state index contributed by atoms with van der Waals surface area (Å²) < 4.78 is 0. The van der Waals surface area contributed by atoms with Gasteiger partial charge in [0.25, 0.3) is 5.91 Å². The van der Waals surface area contributed by atoms with Gasteiger partial charge in [-0.15, -0.1) is 12.4 Å². The average Bonchev–Trinajstić information content (AvgIpc) is 2.55. The molecule has 138 valence electrons. The molecule has 1 unspecified atom stereocenters. The average molecular weight is 387 g/mol. The molecule has 1 aromatic rings. The Morgan fingerprint density at radius 3 is 2.72 bits per heavy atom. The fourth-order valence-corrected chi connectivity index (χ4v) is 3.31. The number of nitrogens with one attached hydrogen (secondary N) is 3. The fraction of sp³-hybridized carbons (Fsp3) is 0.438. The zero-order chi connectivity index (χ0) is 17.4. The molecule has 1 atom stereocenters. The summed E-state index contributed by atoms with van der Waals surface area (Å²) in [4.78, 5) is 35.1. The number of rotatable bonds is 7. The Labute approximate surface area is 157 Å². The van der Waals surface area contributed by atoms with Crippen molar-refractivity contribution in [2.24, 2.45) is 5.73 Å². The molecule has 1 saturated heterocycles. The van der Waals surface area contributed by atoms with E-state index in [0.29, 0.717) is 17.7 Å². The van der Waals surface area contributed by atoms with Gasteiger partial charge in [-0.1, -0.05) is 12.1 Å². The summed E-state index contributed by atoms with van der Waals surface area (Å²) in [5.74, 6) is 1.01. The molecular formula is C16H23ClN4O3S. The molecule has 0 spiro atoms. The van der Waals surface area contributed by atoms with Crippen molar-refractivity contribution in [2.75, 3.05) is 29.9 Å². The third-order valence-electron chi connectivity index (χ3n) is 3.53. The zero-order valence-electron chi connectivity index (χ0n) is 13.7. The Hall–Kier alpha value is -1.77. The highest BCUT2D eigenvalue weighted by Crippen LogP contribution is 2.16. The van der Waals surface area contributed by atoms with Crippen molar-refractivity contribution in [2.45, 2.75) is 18.9 Å². The molecule has 5 N–H and O–H groups in total. The summed E-state index contributed by atoms with van der Waals surface area (Å²) >= 11 is 1.83. The van der Waals surface area contributed by atoms with Crippen LogP contribution >= 0.6 is 24.2 Å². The predicted molar refractivity (Wildman–Crippen MR) is 102 cm³/mol. The van der Waals surface area contributed by atoms with E-state index in [4.69, 9.17) is 5.73 Å². The first-order valence-electron chi connectivity index (χ1n) is 7.83. The molecule has 1 fully saturated rings. The van der Waals surface area contributed by atoms with E-state index < -0.39 is 5.91 Å². The van der Waals surface area contributed by atoms with Crippen LogP contribution in [0.5, 0.6) is 0 Å². The number of carbonyl (C=O) groups excluding carboxylic acids is 3. The quantitative estimate of drug-likeness (QED) is 0.552. The number of carbonyl (C=O) groups is 3.